The van der Waals surface area contributed by atoms with Crippen molar-refractivity contribution in [2.75, 3.05) is 5.73 Å². The molecule has 2 aliphatic carbocycles. The predicted molar refractivity (Wildman–Crippen MR) is 150 cm³/mol. The Morgan fingerprint density at radius 2 is 1.98 bits per heavy atom. The summed E-state index contributed by atoms with van der Waals surface area (Å²) in [4.78, 5) is 17.7. The van der Waals surface area contributed by atoms with Crippen LogP contribution in [0.4, 0.5) is 10.2 Å². The molecule has 2 aromatic carbocycles. The van der Waals surface area contributed by atoms with Gasteiger partial charge in [0.1, 0.15) is 17.4 Å². The minimum absolute atomic E-state index is 0.130. The highest BCUT2D eigenvalue weighted by molar-refractivity contribution is 7.91. The van der Waals surface area contributed by atoms with Crippen LogP contribution < -0.4 is 10.5 Å². The molecule has 0 spiro atoms. The number of para-hydroxylation sites is 1. The average Bonchev–Trinajstić information content (AvgIpc) is 3.61. The molecule has 204 valence electrons. The average molecular weight is 579 g/mol. The molecule has 0 atom stereocenters. The van der Waals surface area contributed by atoms with Crippen LogP contribution in [0.3, 0.4) is 0 Å². The molecule has 6 rings (SSSR count). The maximum Gasteiger partial charge on any atom is 0.219 e. The zero-order chi connectivity index (χ0) is 28.2. The van der Waals surface area contributed by atoms with Crippen molar-refractivity contribution in [1.29, 1.82) is 0 Å². The van der Waals surface area contributed by atoms with E-state index in [0.717, 1.165) is 5.56 Å². The molecule has 8 nitrogen and oxygen atoms in total. The first-order chi connectivity index (χ1) is 19.1. The number of fused-ring (bicyclic) bond motifs is 1. The highest BCUT2D eigenvalue weighted by Crippen LogP contribution is 2.35. The van der Waals surface area contributed by atoms with Gasteiger partial charge in [0.2, 0.25) is 5.88 Å². The van der Waals surface area contributed by atoms with Crippen LogP contribution >= 0.6 is 11.6 Å². The van der Waals surface area contributed by atoms with Crippen molar-refractivity contribution < 1.29 is 22.3 Å². The molecule has 1 fully saturated rings. The van der Waals surface area contributed by atoms with E-state index in [9.17, 15) is 17.6 Å². The number of hydrogen-bond acceptors (Lipinski definition) is 7. The molecule has 0 unspecified atom stereocenters. The fourth-order valence-electron chi connectivity index (χ4n) is 4.77. The van der Waals surface area contributed by atoms with E-state index in [2.05, 4.69) is 10.1 Å². The Hall–Kier alpha value is -4.02. The van der Waals surface area contributed by atoms with Gasteiger partial charge >= 0.3 is 0 Å². The van der Waals surface area contributed by atoms with E-state index in [0.29, 0.717) is 51.9 Å². The van der Waals surface area contributed by atoms with Crippen LogP contribution in [-0.4, -0.2) is 34.2 Å². The van der Waals surface area contributed by atoms with Crippen molar-refractivity contribution in [1.82, 2.24) is 14.8 Å². The summed E-state index contributed by atoms with van der Waals surface area (Å²) in [5, 5.41) is 4.40. The quantitative estimate of drug-likeness (QED) is 0.269. The van der Waals surface area contributed by atoms with E-state index in [1.807, 2.05) is 6.92 Å². The second-order valence-electron chi connectivity index (χ2n) is 10.0. The number of rotatable bonds is 8. The van der Waals surface area contributed by atoms with Crippen molar-refractivity contribution in [3.8, 4) is 17.3 Å². The monoisotopic (exact) mass is 578 g/mol. The van der Waals surface area contributed by atoms with Gasteiger partial charge in [0.15, 0.2) is 15.6 Å². The van der Waals surface area contributed by atoms with Crippen molar-refractivity contribution >= 4 is 39.1 Å². The van der Waals surface area contributed by atoms with Crippen LogP contribution in [-0.2, 0) is 22.0 Å². The van der Waals surface area contributed by atoms with Crippen LogP contribution in [0, 0.1) is 12.7 Å². The Morgan fingerprint density at radius 1 is 1.20 bits per heavy atom. The van der Waals surface area contributed by atoms with Crippen LogP contribution in [0.2, 0.25) is 5.02 Å². The molecule has 11 heteroatoms. The number of halogens is 2. The lowest BCUT2D eigenvalue weighted by Gasteiger charge is -2.11. The highest BCUT2D eigenvalue weighted by Gasteiger charge is 2.36. The number of ketones is 1. The lowest BCUT2D eigenvalue weighted by atomic mass is 10.0. The number of allylic oxidation sites excluding steroid dienone is 1. The Labute approximate surface area is 235 Å². The number of carbonyl (C=O) groups is 1. The smallest absolute Gasteiger partial charge is 0.219 e. The molecule has 0 bridgehead atoms. The SMILES string of the molecule is Cc1cc(Oc2ccccc2Cl)ncc1-n1ncc(C(=O)C2=Cc3cc(F)c(CS(=O)(=O)C4CC4)cc3C2)c1N. The number of ether oxygens (including phenoxy) is 1. The van der Waals surface area contributed by atoms with Gasteiger partial charge in [-0.15, -0.1) is 0 Å². The number of aryl methyl sites for hydroxylation is 1. The highest BCUT2D eigenvalue weighted by atomic mass is 35.5. The molecule has 0 saturated heterocycles. The molecule has 0 aliphatic heterocycles. The zero-order valence-corrected chi connectivity index (χ0v) is 23.0. The number of nitrogens with two attached hydrogens (primary N) is 1. The van der Waals surface area contributed by atoms with Gasteiger partial charge in [0, 0.05) is 23.6 Å². The Balaban J connectivity index is 1.21. The minimum atomic E-state index is -3.38. The molecule has 40 heavy (non-hydrogen) atoms. The fraction of sp³-hybridized carbons (Fsp3) is 0.207. The van der Waals surface area contributed by atoms with E-state index >= 15 is 0 Å². The molecule has 2 N–H and O–H groups in total. The number of nitrogen functional groups attached to an aromatic ring is 1. The van der Waals surface area contributed by atoms with Gasteiger partial charge in [-0.1, -0.05) is 29.8 Å². The molecule has 2 aromatic heterocycles. The Kier molecular flexibility index (Phi) is 6.47. The third kappa shape index (κ3) is 4.89. The van der Waals surface area contributed by atoms with E-state index in [4.69, 9.17) is 22.1 Å². The molecule has 0 amide bonds. The van der Waals surface area contributed by atoms with Crippen LogP contribution in [0.15, 0.2) is 60.4 Å². The lowest BCUT2D eigenvalue weighted by Crippen LogP contribution is -2.11. The first kappa shape index (κ1) is 26.2. The number of nitrogens with zero attached hydrogens (tertiary/aromatic N) is 3. The zero-order valence-electron chi connectivity index (χ0n) is 21.4. The van der Waals surface area contributed by atoms with Crippen molar-refractivity contribution in [3.05, 3.63) is 99.1 Å². The Bertz CT molecular complexity index is 1830. The maximum atomic E-state index is 14.7. The number of pyridine rings is 1. The van der Waals surface area contributed by atoms with Crippen molar-refractivity contribution in [3.63, 3.8) is 0 Å². The van der Waals surface area contributed by atoms with Gasteiger partial charge in [-0.25, -0.2) is 22.5 Å². The first-order valence-corrected chi connectivity index (χ1v) is 14.7. The second kappa shape index (κ2) is 9.87. The Morgan fingerprint density at radius 3 is 2.70 bits per heavy atom. The number of Topliss-reactive ketones (excluding diaryl/α,β-unsaturated/α-hetero) is 1. The van der Waals surface area contributed by atoms with Gasteiger partial charge in [-0.05, 0) is 60.7 Å². The predicted octanol–water partition coefficient (Wildman–Crippen LogP) is 5.64. The van der Waals surface area contributed by atoms with Crippen LogP contribution in [0.25, 0.3) is 11.8 Å². The van der Waals surface area contributed by atoms with Gasteiger partial charge in [-0.2, -0.15) is 5.10 Å². The molecule has 2 aliphatic rings. The summed E-state index contributed by atoms with van der Waals surface area (Å²) in [6.45, 7) is 1.84. The summed E-state index contributed by atoms with van der Waals surface area (Å²) in [6.07, 6.45) is 6.04. The standard InChI is InChI=1S/C29H24ClFN4O4S/c1-16-8-27(39-26-5-3-2-4-23(26)30)33-14-25(16)35-29(32)22(13-34-35)28(36)19-9-17-11-20(24(31)12-18(17)10-19)15-40(37,38)21-6-7-21/h2-5,8,10-14,21H,6-7,9,15,32H2,1H3. The fourth-order valence-corrected chi connectivity index (χ4v) is 6.69. The normalized spacial score (nSPS) is 14.6. The molecular formula is C29H24ClFN4O4S. The largest absolute Gasteiger partial charge is 0.437 e. The molecular weight excluding hydrogens is 555 g/mol. The summed E-state index contributed by atoms with van der Waals surface area (Å²) in [5.41, 5.74) is 9.68. The second-order valence-corrected chi connectivity index (χ2v) is 12.7. The van der Waals surface area contributed by atoms with Crippen LogP contribution in [0.5, 0.6) is 11.6 Å². The van der Waals surface area contributed by atoms with Gasteiger partial charge < -0.3 is 10.5 Å². The number of anilines is 1. The summed E-state index contributed by atoms with van der Waals surface area (Å²) < 4.78 is 46.7. The van der Waals surface area contributed by atoms with E-state index in [1.54, 1.807) is 48.7 Å². The lowest BCUT2D eigenvalue weighted by molar-refractivity contribution is 0.103. The summed E-state index contributed by atoms with van der Waals surface area (Å²) >= 11 is 6.17. The van der Waals surface area contributed by atoms with Gasteiger partial charge in [0.25, 0.3) is 0 Å². The van der Waals surface area contributed by atoms with E-state index < -0.39 is 15.7 Å². The van der Waals surface area contributed by atoms with Crippen molar-refractivity contribution in [2.24, 2.45) is 0 Å². The first-order valence-electron chi connectivity index (χ1n) is 12.6. The third-order valence-electron chi connectivity index (χ3n) is 7.09. The maximum absolute atomic E-state index is 14.7. The summed E-state index contributed by atoms with van der Waals surface area (Å²) in [7, 11) is -3.38. The number of sulfone groups is 1. The number of hydrogen-bond donors (Lipinski definition) is 1. The molecule has 2 heterocycles. The third-order valence-corrected chi connectivity index (χ3v) is 9.60. The summed E-state index contributed by atoms with van der Waals surface area (Å²) in [6, 6.07) is 11.6. The van der Waals surface area contributed by atoms with Gasteiger partial charge in [0.05, 0.1) is 39.7 Å². The molecule has 0 radical (unpaired) electrons. The summed E-state index contributed by atoms with van der Waals surface area (Å²) in [5.74, 6) is -0.328. The van der Waals surface area contributed by atoms with E-state index in [1.165, 1.54) is 16.9 Å². The number of benzene rings is 2. The van der Waals surface area contributed by atoms with Gasteiger partial charge in [-0.3, -0.25) is 4.79 Å². The minimum Gasteiger partial charge on any atom is -0.437 e. The number of aromatic nitrogens is 3. The van der Waals surface area contributed by atoms with Crippen molar-refractivity contribution in [2.45, 2.75) is 37.2 Å². The van der Waals surface area contributed by atoms with Crippen LogP contribution in [0.1, 0.15) is 45.5 Å². The number of carbonyl (C=O) groups excluding carboxylic acids is 1. The molecule has 1 saturated carbocycles. The molecule has 4 aromatic rings. The van der Waals surface area contributed by atoms with E-state index in [-0.39, 0.29) is 40.2 Å². The topological polar surface area (TPSA) is 117 Å².